The van der Waals surface area contributed by atoms with Crippen LogP contribution < -0.4 is 0 Å². The van der Waals surface area contributed by atoms with Crippen LogP contribution in [-0.2, 0) is 0 Å². The van der Waals surface area contributed by atoms with E-state index >= 15 is 0 Å². The van der Waals surface area contributed by atoms with Crippen molar-refractivity contribution in [3.63, 3.8) is 0 Å². The third kappa shape index (κ3) is 5.79. The van der Waals surface area contributed by atoms with Crippen molar-refractivity contribution in [2.75, 3.05) is 13.6 Å². The molecular formula is C9H23BN2O4. The zero-order valence-corrected chi connectivity index (χ0v) is 10.2. The molecule has 1 aliphatic heterocycles. The number of nitrogens with zero attached hydrogens (tertiary/aromatic N) is 2. The summed E-state index contributed by atoms with van der Waals surface area (Å²) in [6.45, 7) is 4.59. The van der Waals surface area contributed by atoms with Crippen LogP contribution in [-0.4, -0.2) is 63.3 Å². The van der Waals surface area contributed by atoms with Crippen molar-refractivity contribution in [3.8, 4) is 0 Å². The van der Waals surface area contributed by atoms with Crippen molar-refractivity contribution in [3.05, 3.63) is 0 Å². The quantitative estimate of drug-likeness (QED) is 0.405. The lowest BCUT2D eigenvalue weighted by molar-refractivity contribution is -0.328. The van der Waals surface area contributed by atoms with Crippen LogP contribution in [0.4, 0.5) is 0 Å². The minimum absolute atomic E-state index is 0.0231. The van der Waals surface area contributed by atoms with Gasteiger partial charge in [-0.3, -0.25) is 10.4 Å². The van der Waals surface area contributed by atoms with E-state index in [0.717, 1.165) is 25.8 Å². The molecule has 1 fully saturated rings. The van der Waals surface area contributed by atoms with Gasteiger partial charge in [-0.25, -0.2) is 0 Å². The van der Waals surface area contributed by atoms with E-state index in [1.54, 1.807) is 6.92 Å². The highest BCUT2D eigenvalue weighted by molar-refractivity contribution is 6.43. The maximum atomic E-state index is 8.74. The molecule has 1 aliphatic rings. The minimum Gasteiger partial charge on any atom is -0.426 e. The lowest BCUT2D eigenvalue weighted by atomic mass is 9.78. The third-order valence-electron chi connectivity index (χ3n) is 2.91. The highest BCUT2D eigenvalue weighted by Gasteiger charge is 2.30. The summed E-state index contributed by atoms with van der Waals surface area (Å²) in [5.74, 6) is -0.0231. The zero-order valence-electron chi connectivity index (χ0n) is 10.2. The minimum atomic E-state index is -1.16. The van der Waals surface area contributed by atoms with Crippen molar-refractivity contribution in [1.29, 1.82) is 0 Å². The van der Waals surface area contributed by atoms with Crippen molar-refractivity contribution in [2.45, 2.75) is 45.1 Å². The van der Waals surface area contributed by atoms with Gasteiger partial charge in [-0.15, -0.1) is 0 Å². The summed E-state index contributed by atoms with van der Waals surface area (Å²) in [6.07, 6.45) is 2.74. The van der Waals surface area contributed by atoms with Gasteiger partial charge in [0, 0.05) is 5.94 Å². The first-order valence-electron chi connectivity index (χ1n) is 5.63. The van der Waals surface area contributed by atoms with E-state index in [-0.39, 0.29) is 17.2 Å². The van der Waals surface area contributed by atoms with Crippen molar-refractivity contribution >= 4 is 7.12 Å². The summed E-state index contributed by atoms with van der Waals surface area (Å²) in [7, 11) is 0.759. The number of hydrogen-bond acceptors (Lipinski definition) is 6. The Balaban J connectivity index is 0.000000293. The highest BCUT2D eigenvalue weighted by atomic mass is 16.8. The van der Waals surface area contributed by atoms with Crippen LogP contribution in [0, 0.1) is 0 Å². The van der Waals surface area contributed by atoms with Gasteiger partial charge in [0.15, 0.2) is 0 Å². The monoisotopic (exact) mass is 234 g/mol. The molecule has 6 nitrogen and oxygen atoms in total. The Morgan fingerprint density at radius 2 is 2.00 bits per heavy atom. The van der Waals surface area contributed by atoms with Crippen LogP contribution in [0.1, 0.15) is 33.1 Å². The van der Waals surface area contributed by atoms with Gasteiger partial charge in [-0.1, -0.05) is 12.2 Å². The molecule has 96 valence electrons. The highest BCUT2D eigenvalue weighted by Crippen LogP contribution is 2.14. The van der Waals surface area contributed by atoms with E-state index in [9.17, 15) is 0 Å². The fourth-order valence-electron chi connectivity index (χ4n) is 1.48. The van der Waals surface area contributed by atoms with E-state index in [2.05, 4.69) is 0 Å². The summed E-state index contributed by atoms with van der Waals surface area (Å²) in [6, 6.07) is -0.153. The Hall–Kier alpha value is -0.175. The predicted molar refractivity (Wildman–Crippen MR) is 61.0 cm³/mol. The second kappa shape index (κ2) is 8.00. The van der Waals surface area contributed by atoms with E-state index in [1.807, 2.05) is 18.9 Å². The summed E-state index contributed by atoms with van der Waals surface area (Å²) >= 11 is 0. The topological polar surface area (TPSA) is 87.4 Å². The summed E-state index contributed by atoms with van der Waals surface area (Å²) in [5.41, 5.74) is 0. The molecule has 16 heavy (non-hydrogen) atoms. The molecule has 0 bridgehead atoms. The van der Waals surface area contributed by atoms with Gasteiger partial charge >= 0.3 is 7.12 Å². The molecular weight excluding hydrogens is 211 g/mol. The maximum Gasteiger partial charge on any atom is 0.469 e. The molecule has 7 heteroatoms. The number of hydrogen-bond donors (Lipinski definition) is 4. The largest absolute Gasteiger partial charge is 0.469 e. The maximum absolute atomic E-state index is 8.74. The van der Waals surface area contributed by atoms with Gasteiger partial charge in [0.1, 0.15) is 0 Å². The Morgan fingerprint density at radius 3 is 2.12 bits per heavy atom. The molecule has 1 saturated heterocycles. The molecule has 0 aliphatic carbocycles. The fraction of sp³-hybridized carbons (Fsp3) is 1.00. The van der Waals surface area contributed by atoms with Gasteiger partial charge in [0.2, 0.25) is 0 Å². The van der Waals surface area contributed by atoms with Crippen LogP contribution >= 0.6 is 0 Å². The van der Waals surface area contributed by atoms with Gasteiger partial charge in [-0.2, -0.15) is 0 Å². The van der Waals surface area contributed by atoms with Crippen LogP contribution in [0.5, 0.6) is 0 Å². The molecule has 1 heterocycles. The molecule has 4 N–H and O–H groups in total. The molecule has 0 amide bonds. The zero-order chi connectivity index (χ0) is 12.7. The van der Waals surface area contributed by atoms with E-state index in [4.69, 9.17) is 20.5 Å². The Morgan fingerprint density at radius 1 is 1.44 bits per heavy atom. The third-order valence-corrected chi connectivity index (χ3v) is 2.91. The van der Waals surface area contributed by atoms with E-state index in [1.165, 1.54) is 0 Å². The molecule has 0 aromatic heterocycles. The first-order valence-corrected chi connectivity index (χ1v) is 5.63. The second-order valence-corrected chi connectivity index (χ2v) is 4.18. The lowest BCUT2D eigenvalue weighted by Crippen LogP contribution is -2.39. The normalized spacial score (nSPS) is 22.9. The standard InChI is InChI=1S/C5H12BNO2.C4H11NO2/c1-7-4-2-3-5(7)6(8)9;1-3-4(2)5(6)7/h5,8-9H,2-4H2,1H3;4,6-7H,3H2,1-2H3. The van der Waals surface area contributed by atoms with E-state index < -0.39 is 7.12 Å². The smallest absolute Gasteiger partial charge is 0.426 e. The average molecular weight is 234 g/mol. The van der Waals surface area contributed by atoms with Gasteiger partial charge in [0.25, 0.3) is 0 Å². The van der Waals surface area contributed by atoms with Crippen molar-refractivity contribution in [2.24, 2.45) is 0 Å². The Kier molecular flexibility index (Phi) is 7.91. The number of hydroxylamine groups is 2. The molecule has 0 spiro atoms. The predicted octanol–water partition coefficient (Wildman–Crippen LogP) is -0.0421. The molecule has 2 atom stereocenters. The molecule has 2 unspecified atom stereocenters. The molecule has 1 rings (SSSR count). The van der Waals surface area contributed by atoms with Crippen LogP contribution in [0.25, 0.3) is 0 Å². The second-order valence-electron chi connectivity index (χ2n) is 4.18. The Bertz CT molecular complexity index is 183. The van der Waals surface area contributed by atoms with Gasteiger partial charge in [-0.05, 0) is 39.8 Å². The molecule has 0 saturated carbocycles. The Labute approximate surface area is 97.2 Å². The molecule has 0 aromatic rings. The fourth-order valence-corrected chi connectivity index (χ4v) is 1.48. The number of rotatable bonds is 3. The average Bonchev–Trinajstić information content (AvgIpc) is 2.64. The first kappa shape index (κ1) is 15.8. The SMILES string of the molecule is CCC(C)N(O)O.CN1CCCC1B(O)O. The first-order chi connectivity index (χ1) is 7.40. The van der Waals surface area contributed by atoms with Crippen molar-refractivity contribution < 1.29 is 20.5 Å². The molecule has 0 radical (unpaired) electrons. The van der Waals surface area contributed by atoms with E-state index in [0.29, 0.717) is 0 Å². The van der Waals surface area contributed by atoms with Gasteiger partial charge in [0.05, 0.1) is 6.04 Å². The van der Waals surface area contributed by atoms with Crippen molar-refractivity contribution in [1.82, 2.24) is 10.1 Å². The molecule has 0 aromatic carbocycles. The lowest BCUT2D eigenvalue weighted by Gasteiger charge is -2.17. The van der Waals surface area contributed by atoms with Gasteiger partial charge < -0.3 is 14.9 Å². The van der Waals surface area contributed by atoms with Crippen LogP contribution in [0.15, 0.2) is 0 Å². The number of likely N-dealkylation sites (tertiary alicyclic amines) is 1. The van der Waals surface area contributed by atoms with Crippen LogP contribution in [0.3, 0.4) is 0 Å². The summed E-state index contributed by atoms with van der Waals surface area (Å²) < 4.78 is 0. The summed E-state index contributed by atoms with van der Waals surface area (Å²) in [4.78, 5) is 1.98. The summed E-state index contributed by atoms with van der Waals surface area (Å²) in [5, 5.41) is 34.1. The van der Waals surface area contributed by atoms with Crippen LogP contribution in [0.2, 0.25) is 0 Å².